The van der Waals surface area contributed by atoms with Gasteiger partial charge in [0.2, 0.25) is 0 Å². The van der Waals surface area contributed by atoms with Crippen molar-refractivity contribution in [2.24, 2.45) is 0 Å². The average molecular weight is 498 g/mol. The van der Waals surface area contributed by atoms with Gasteiger partial charge in [-0.2, -0.15) is 0 Å². The highest BCUT2D eigenvalue weighted by Gasteiger charge is 2.40. The average Bonchev–Trinajstić information content (AvgIpc) is 3.18. The number of rotatable bonds is 5. The minimum atomic E-state index is -1.11. The van der Waals surface area contributed by atoms with Gasteiger partial charge in [-0.25, -0.2) is 18.6 Å². The third-order valence-electron chi connectivity index (χ3n) is 6.04. The van der Waals surface area contributed by atoms with Gasteiger partial charge in [0.05, 0.1) is 17.4 Å². The SMILES string of the molecule is CC.CCCC1(C)CN(C(=O)c2ccc(F)c(F)c2)C=C(C(=O)OC(C)C)c2[nH]c3ncccc3c21. The number of benzene rings is 1. The summed E-state index contributed by atoms with van der Waals surface area (Å²) in [6, 6.07) is 6.79. The lowest BCUT2D eigenvalue weighted by Crippen LogP contribution is -2.39. The molecule has 0 bridgehead atoms. The summed E-state index contributed by atoms with van der Waals surface area (Å²) >= 11 is 0. The molecular weight excluding hydrogens is 464 g/mol. The number of hydrogen-bond donors (Lipinski definition) is 1. The standard InChI is InChI=1S/C26H27F2N3O3.C2H6/c1-5-10-26(4)14-31(24(32)16-8-9-19(27)20(28)12-16)13-18(25(33)34-15(2)3)22-21(26)17-7-6-11-29-23(17)30-22;1-2/h6-9,11-13,15H,5,10,14H2,1-4H3,(H,29,30);1-2H3. The molecule has 4 rings (SSSR count). The van der Waals surface area contributed by atoms with Gasteiger partial charge in [-0.05, 0) is 56.2 Å². The van der Waals surface area contributed by atoms with Crippen LogP contribution in [0.25, 0.3) is 16.6 Å². The second-order valence-electron chi connectivity index (χ2n) is 9.14. The predicted molar refractivity (Wildman–Crippen MR) is 136 cm³/mol. The molecule has 0 spiro atoms. The summed E-state index contributed by atoms with van der Waals surface area (Å²) in [6.07, 6.45) is 4.28. The molecule has 3 aromatic rings. The first-order chi connectivity index (χ1) is 17.1. The van der Waals surface area contributed by atoms with Crippen molar-refractivity contribution in [2.45, 2.75) is 65.9 Å². The van der Waals surface area contributed by atoms with E-state index in [0.717, 1.165) is 29.5 Å². The van der Waals surface area contributed by atoms with Crippen LogP contribution in [0.1, 0.15) is 76.0 Å². The van der Waals surface area contributed by atoms with Crippen molar-refractivity contribution in [3.8, 4) is 0 Å². The number of nitrogens with one attached hydrogen (secondary N) is 1. The van der Waals surface area contributed by atoms with Crippen molar-refractivity contribution in [3.05, 3.63) is 71.2 Å². The minimum absolute atomic E-state index is 0.0114. The molecule has 0 radical (unpaired) electrons. The first-order valence-corrected chi connectivity index (χ1v) is 12.3. The van der Waals surface area contributed by atoms with Crippen LogP contribution in [-0.4, -0.2) is 39.4 Å². The monoisotopic (exact) mass is 497 g/mol. The summed E-state index contributed by atoms with van der Waals surface area (Å²) in [6.45, 7) is 11.8. The Hall–Kier alpha value is -3.55. The molecule has 1 N–H and O–H groups in total. The largest absolute Gasteiger partial charge is 0.459 e. The number of fused-ring (bicyclic) bond motifs is 3. The highest BCUT2D eigenvalue weighted by molar-refractivity contribution is 6.18. The van der Waals surface area contributed by atoms with Crippen LogP contribution >= 0.6 is 0 Å². The molecule has 1 aromatic carbocycles. The molecule has 0 fully saturated rings. The number of nitrogens with zero attached hydrogens (tertiary/aromatic N) is 2. The molecule has 0 saturated heterocycles. The number of amides is 1. The zero-order valence-corrected chi connectivity index (χ0v) is 21.6. The van der Waals surface area contributed by atoms with E-state index in [4.69, 9.17) is 4.74 Å². The van der Waals surface area contributed by atoms with E-state index < -0.39 is 28.9 Å². The predicted octanol–water partition coefficient (Wildman–Crippen LogP) is 6.37. The number of carbonyl (C=O) groups is 2. The van der Waals surface area contributed by atoms with Gasteiger partial charge in [-0.3, -0.25) is 4.79 Å². The Morgan fingerprint density at radius 1 is 1.19 bits per heavy atom. The number of aromatic nitrogens is 2. The number of ether oxygens (including phenoxy) is 1. The van der Waals surface area contributed by atoms with E-state index in [1.807, 2.05) is 39.8 Å². The van der Waals surface area contributed by atoms with E-state index in [9.17, 15) is 18.4 Å². The van der Waals surface area contributed by atoms with Crippen LogP contribution in [0.4, 0.5) is 8.78 Å². The van der Waals surface area contributed by atoms with Crippen LogP contribution in [0.2, 0.25) is 0 Å². The van der Waals surface area contributed by atoms with Crippen molar-refractivity contribution in [1.82, 2.24) is 14.9 Å². The number of hydrogen-bond acceptors (Lipinski definition) is 4. The van der Waals surface area contributed by atoms with Crippen molar-refractivity contribution < 1.29 is 23.1 Å². The number of halogens is 2. The summed E-state index contributed by atoms with van der Waals surface area (Å²) in [4.78, 5) is 35.7. The number of aromatic amines is 1. The Labute approximate surface area is 210 Å². The van der Waals surface area contributed by atoms with E-state index in [2.05, 4.69) is 9.97 Å². The number of esters is 1. The van der Waals surface area contributed by atoms with Crippen LogP contribution in [0, 0.1) is 11.6 Å². The Morgan fingerprint density at radius 3 is 2.56 bits per heavy atom. The van der Waals surface area contributed by atoms with Crippen LogP contribution in [-0.2, 0) is 14.9 Å². The third kappa shape index (κ3) is 5.17. The molecule has 36 heavy (non-hydrogen) atoms. The van der Waals surface area contributed by atoms with Gasteiger partial charge in [0.15, 0.2) is 11.6 Å². The third-order valence-corrected chi connectivity index (χ3v) is 6.04. The maximum atomic E-state index is 13.9. The molecule has 1 atom stereocenters. The summed E-state index contributed by atoms with van der Waals surface area (Å²) in [5.41, 5.74) is 1.68. The lowest BCUT2D eigenvalue weighted by atomic mass is 9.76. The molecule has 0 saturated carbocycles. The topological polar surface area (TPSA) is 75.3 Å². The fourth-order valence-corrected chi connectivity index (χ4v) is 4.69. The Kier molecular flexibility index (Phi) is 8.28. The maximum absolute atomic E-state index is 13.9. The van der Waals surface area contributed by atoms with E-state index in [0.29, 0.717) is 17.8 Å². The Bertz CT molecular complexity index is 1300. The molecule has 6 nitrogen and oxygen atoms in total. The summed E-state index contributed by atoms with van der Waals surface area (Å²) in [5.74, 6) is -3.27. The quantitative estimate of drug-likeness (QED) is 0.416. The normalized spacial score (nSPS) is 17.1. The highest BCUT2D eigenvalue weighted by atomic mass is 19.2. The van der Waals surface area contributed by atoms with Gasteiger partial charge >= 0.3 is 5.97 Å². The number of H-pyrrole nitrogens is 1. The van der Waals surface area contributed by atoms with Gasteiger partial charge < -0.3 is 14.6 Å². The molecule has 1 aliphatic heterocycles. The van der Waals surface area contributed by atoms with Crippen molar-refractivity contribution in [2.75, 3.05) is 6.54 Å². The summed E-state index contributed by atoms with van der Waals surface area (Å²) in [5, 5.41) is 0.860. The van der Waals surface area contributed by atoms with Gasteiger partial charge in [0.25, 0.3) is 5.91 Å². The van der Waals surface area contributed by atoms with E-state index in [-0.39, 0.29) is 23.8 Å². The lowest BCUT2D eigenvalue weighted by Gasteiger charge is -2.33. The van der Waals surface area contributed by atoms with Gasteiger partial charge in [0.1, 0.15) is 5.65 Å². The zero-order valence-electron chi connectivity index (χ0n) is 21.6. The van der Waals surface area contributed by atoms with E-state index in [1.54, 1.807) is 20.0 Å². The molecule has 2 aromatic heterocycles. The summed E-state index contributed by atoms with van der Waals surface area (Å²) < 4.78 is 32.9. The Balaban J connectivity index is 0.00000176. The number of pyridine rings is 1. The maximum Gasteiger partial charge on any atom is 0.342 e. The van der Waals surface area contributed by atoms with Crippen molar-refractivity contribution in [1.29, 1.82) is 0 Å². The molecule has 1 amide bonds. The Morgan fingerprint density at radius 2 is 1.92 bits per heavy atom. The second kappa shape index (κ2) is 11.0. The van der Waals surface area contributed by atoms with Gasteiger partial charge in [-0.1, -0.05) is 34.1 Å². The smallest absolute Gasteiger partial charge is 0.342 e. The van der Waals surface area contributed by atoms with Gasteiger partial charge in [0, 0.05) is 35.3 Å². The van der Waals surface area contributed by atoms with Crippen LogP contribution in [0.5, 0.6) is 0 Å². The second-order valence-corrected chi connectivity index (χ2v) is 9.14. The lowest BCUT2D eigenvalue weighted by molar-refractivity contribution is -0.140. The van der Waals surface area contributed by atoms with Crippen LogP contribution in [0.15, 0.2) is 42.7 Å². The van der Waals surface area contributed by atoms with E-state index >= 15 is 0 Å². The first kappa shape index (κ1) is 27.0. The highest BCUT2D eigenvalue weighted by Crippen LogP contribution is 2.42. The number of carbonyl (C=O) groups excluding carboxylic acids is 2. The molecule has 3 heterocycles. The minimum Gasteiger partial charge on any atom is -0.459 e. The fourth-order valence-electron chi connectivity index (χ4n) is 4.69. The zero-order chi connectivity index (χ0) is 26.6. The molecular formula is C28H33F2N3O3. The fraction of sp³-hybridized carbons (Fsp3) is 0.393. The van der Waals surface area contributed by atoms with Crippen molar-refractivity contribution >= 4 is 28.5 Å². The molecule has 8 heteroatoms. The summed E-state index contributed by atoms with van der Waals surface area (Å²) in [7, 11) is 0. The molecule has 1 aliphatic rings. The molecule has 1 unspecified atom stereocenters. The molecule has 0 aliphatic carbocycles. The van der Waals surface area contributed by atoms with Crippen LogP contribution in [0.3, 0.4) is 0 Å². The van der Waals surface area contributed by atoms with Crippen LogP contribution < -0.4 is 0 Å². The van der Waals surface area contributed by atoms with Gasteiger partial charge in [-0.15, -0.1) is 0 Å². The van der Waals surface area contributed by atoms with E-state index in [1.165, 1.54) is 17.2 Å². The molecule has 192 valence electrons. The van der Waals surface area contributed by atoms with Crippen molar-refractivity contribution in [3.63, 3.8) is 0 Å². The first-order valence-electron chi connectivity index (χ1n) is 12.3.